The lowest BCUT2D eigenvalue weighted by molar-refractivity contribution is -0.121. The van der Waals surface area contributed by atoms with Crippen molar-refractivity contribution >= 4 is 40.4 Å². The SMILES string of the molecule is Cc1ccc(N2N=C(c3ccccc3)[C@@H](c3ccc(Cl)cc3)[C@]23N=C(c2ccccc2)N(c2ccccc2)C3=O)cc1. The maximum atomic E-state index is 15.3. The molecule has 7 rings (SSSR count). The Morgan fingerprint density at radius 1 is 0.667 bits per heavy atom. The molecular formula is C36H27ClN4O. The van der Waals surface area contributed by atoms with Crippen molar-refractivity contribution in [1.29, 1.82) is 0 Å². The number of para-hydroxylation sites is 1. The second kappa shape index (κ2) is 10.4. The Labute approximate surface area is 250 Å². The van der Waals surface area contributed by atoms with E-state index in [2.05, 4.69) is 0 Å². The molecule has 0 radical (unpaired) electrons. The summed E-state index contributed by atoms with van der Waals surface area (Å²) in [5.41, 5.74) is 4.64. The van der Waals surface area contributed by atoms with Gasteiger partial charge in [-0.15, -0.1) is 0 Å². The fraction of sp³-hybridized carbons (Fsp3) is 0.0833. The number of hydrogen-bond donors (Lipinski definition) is 0. The lowest BCUT2D eigenvalue weighted by Crippen LogP contribution is -2.55. The van der Waals surface area contributed by atoms with Crippen LogP contribution in [0.4, 0.5) is 11.4 Å². The number of benzene rings is 5. The lowest BCUT2D eigenvalue weighted by atomic mass is 9.80. The Hall–Kier alpha value is -5.00. The van der Waals surface area contributed by atoms with Crippen LogP contribution in [-0.2, 0) is 4.79 Å². The molecule has 0 saturated carbocycles. The normalized spacial score (nSPS) is 19.8. The predicted molar refractivity (Wildman–Crippen MR) is 170 cm³/mol. The summed E-state index contributed by atoms with van der Waals surface area (Å²) in [6.07, 6.45) is 0. The van der Waals surface area contributed by atoms with Crippen LogP contribution in [0.2, 0.25) is 5.02 Å². The monoisotopic (exact) mass is 566 g/mol. The molecule has 5 aromatic carbocycles. The third kappa shape index (κ3) is 4.21. The molecule has 1 amide bonds. The molecule has 0 saturated heterocycles. The Bertz CT molecular complexity index is 1800. The van der Waals surface area contributed by atoms with Crippen LogP contribution in [0.15, 0.2) is 150 Å². The first kappa shape index (κ1) is 25.9. The first-order valence-electron chi connectivity index (χ1n) is 13.9. The molecule has 0 bridgehead atoms. The molecule has 0 aromatic heterocycles. The van der Waals surface area contributed by atoms with Gasteiger partial charge in [0.15, 0.2) is 0 Å². The highest BCUT2D eigenvalue weighted by Gasteiger charge is 2.63. The number of nitrogens with zero attached hydrogens (tertiary/aromatic N) is 4. The average Bonchev–Trinajstić information content (AvgIpc) is 3.54. The van der Waals surface area contributed by atoms with Gasteiger partial charge in [0.2, 0.25) is 5.66 Å². The average molecular weight is 567 g/mol. The van der Waals surface area contributed by atoms with Gasteiger partial charge < -0.3 is 0 Å². The van der Waals surface area contributed by atoms with Gasteiger partial charge in [-0.3, -0.25) is 9.69 Å². The molecule has 2 aliphatic rings. The van der Waals surface area contributed by atoms with E-state index in [9.17, 15) is 0 Å². The van der Waals surface area contributed by atoms with E-state index in [1.54, 1.807) is 4.90 Å². The standard InChI is InChI=1S/C36H27ClN4O/c1-25-17-23-31(24-18-25)41-36(32(26-19-21-29(37)22-20-26)33(39-41)27-11-5-2-6-12-27)35(42)40(30-15-9-4-10-16-30)34(38-36)28-13-7-3-8-14-28/h2-24,32H,1H3/t32-,36+/m1/s1. The molecule has 0 N–H and O–H groups in total. The maximum Gasteiger partial charge on any atom is 0.284 e. The smallest absolute Gasteiger partial charge is 0.269 e. The van der Waals surface area contributed by atoms with E-state index in [0.717, 1.165) is 39.3 Å². The highest BCUT2D eigenvalue weighted by Crippen LogP contribution is 2.50. The van der Waals surface area contributed by atoms with Gasteiger partial charge in [-0.05, 0) is 54.4 Å². The van der Waals surface area contributed by atoms with Gasteiger partial charge in [-0.25, -0.2) is 10.0 Å². The number of anilines is 2. The molecule has 6 heteroatoms. The summed E-state index contributed by atoms with van der Waals surface area (Å²) in [5, 5.41) is 7.69. The molecule has 42 heavy (non-hydrogen) atoms. The molecule has 2 heterocycles. The van der Waals surface area contributed by atoms with Crippen molar-refractivity contribution in [3.05, 3.63) is 167 Å². The number of aliphatic imine (C=N–C) groups is 1. The van der Waals surface area contributed by atoms with Gasteiger partial charge >= 0.3 is 0 Å². The minimum Gasteiger partial charge on any atom is -0.269 e. The molecule has 2 aliphatic heterocycles. The lowest BCUT2D eigenvalue weighted by Gasteiger charge is -2.35. The number of amidine groups is 1. The number of aryl methyl sites for hydroxylation is 1. The van der Waals surface area contributed by atoms with Crippen molar-refractivity contribution in [2.75, 3.05) is 9.91 Å². The topological polar surface area (TPSA) is 48.3 Å². The minimum absolute atomic E-state index is 0.178. The number of carbonyl (C=O) groups is 1. The zero-order valence-electron chi connectivity index (χ0n) is 22.9. The third-order valence-electron chi connectivity index (χ3n) is 7.81. The zero-order chi connectivity index (χ0) is 28.7. The molecule has 0 aliphatic carbocycles. The first-order chi connectivity index (χ1) is 20.6. The summed E-state index contributed by atoms with van der Waals surface area (Å²) < 4.78 is 0. The quantitative estimate of drug-likeness (QED) is 0.217. The van der Waals surface area contributed by atoms with Gasteiger partial charge in [0.25, 0.3) is 5.91 Å². The number of carbonyl (C=O) groups excluding carboxylic acids is 1. The molecular weight excluding hydrogens is 540 g/mol. The summed E-state index contributed by atoms with van der Waals surface area (Å²) in [6.45, 7) is 2.04. The molecule has 204 valence electrons. The predicted octanol–water partition coefficient (Wildman–Crippen LogP) is 7.85. The van der Waals surface area contributed by atoms with Gasteiger partial charge in [0.1, 0.15) is 5.84 Å². The molecule has 2 atom stereocenters. The van der Waals surface area contributed by atoms with Crippen LogP contribution in [0.3, 0.4) is 0 Å². The van der Waals surface area contributed by atoms with Gasteiger partial charge in [-0.2, -0.15) is 5.10 Å². The van der Waals surface area contributed by atoms with Crippen molar-refractivity contribution in [1.82, 2.24) is 0 Å². The van der Waals surface area contributed by atoms with Crippen LogP contribution in [-0.4, -0.2) is 23.1 Å². The first-order valence-corrected chi connectivity index (χ1v) is 14.3. The van der Waals surface area contributed by atoms with E-state index in [4.69, 9.17) is 21.7 Å². The molecule has 5 aromatic rings. The van der Waals surface area contributed by atoms with Crippen LogP contribution >= 0.6 is 11.6 Å². The highest BCUT2D eigenvalue weighted by molar-refractivity contribution is 6.33. The Morgan fingerprint density at radius 3 is 1.86 bits per heavy atom. The summed E-state index contributed by atoms with van der Waals surface area (Å²) in [4.78, 5) is 22.4. The highest BCUT2D eigenvalue weighted by atomic mass is 35.5. The molecule has 0 unspecified atom stereocenters. The number of halogens is 1. The summed E-state index contributed by atoms with van der Waals surface area (Å²) in [6, 6.07) is 45.3. The second-order valence-electron chi connectivity index (χ2n) is 10.5. The van der Waals surface area contributed by atoms with E-state index in [-0.39, 0.29) is 5.91 Å². The van der Waals surface area contributed by atoms with Crippen molar-refractivity contribution in [2.45, 2.75) is 18.5 Å². The van der Waals surface area contributed by atoms with Crippen LogP contribution in [0.25, 0.3) is 0 Å². The largest absolute Gasteiger partial charge is 0.284 e. The van der Waals surface area contributed by atoms with Gasteiger partial charge in [-0.1, -0.05) is 120 Å². The Kier molecular flexibility index (Phi) is 6.45. The number of hydrazone groups is 1. The fourth-order valence-electron chi connectivity index (χ4n) is 5.82. The summed E-state index contributed by atoms with van der Waals surface area (Å²) in [7, 11) is 0. The fourth-order valence-corrected chi connectivity index (χ4v) is 5.94. The van der Waals surface area contributed by atoms with Crippen LogP contribution in [0, 0.1) is 6.92 Å². The molecule has 1 spiro atoms. The molecule has 0 fully saturated rings. The molecule has 5 nitrogen and oxygen atoms in total. The second-order valence-corrected chi connectivity index (χ2v) is 10.9. The van der Waals surface area contributed by atoms with E-state index in [1.807, 2.05) is 151 Å². The summed E-state index contributed by atoms with van der Waals surface area (Å²) in [5.74, 6) is -0.131. The summed E-state index contributed by atoms with van der Waals surface area (Å²) >= 11 is 6.35. The van der Waals surface area contributed by atoms with Crippen LogP contribution in [0.1, 0.15) is 28.2 Å². The van der Waals surface area contributed by atoms with Gasteiger partial charge in [0, 0.05) is 10.6 Å². The third-order valence-corrected chi connectivity index (χ3v) is 8.06. The number of amides is 1. The van der Waals surface area contributed by atoms with Crippen LogP contribution in [0.5, 0.6) is 0 Å². The van der Waals surface area contributed by atoms with Crippen molar-refractivity contribution in [2.24, 2.45) is 10.1 Å². The Balaban J connectivity index is 1.54. The maximum absolute atomic E-state index is 15.3. The van der Waals surface area contributed by atoms with E-state index in [0.29, 0.717) is 10.9 Å². The van der Waals surface area contributed by atoms with Gasteiger partial charge in [0.05, 0.1) is 23.0 Å². The van der Waals surface area contributed by atoms with Crippen LogP contribution < -0.4 is 9.91 Å². The van der Waals surface area contributed by atoms with E-state index < -0.39 is 11.6 Å². The Morgan fingerprint density at radius 2 is 1.24 bits per heavy atom. The van der Waals surface area contributed by atoms with Crippen molar-refractivity contribution in [3.63, 3.8) is 0 Å². The number of rotatable bonds is 5. The number of hydrogen-bond acceptors (Lipinski definition) is 4. The van der Waals surface area contributed by atoms with Crippen molar-refractivity contribution < 1.29 is 4.79 Å². The van der Waals surface area contributed by atoms with E-state index >= 15 is 4.79 Å². The van der Waals surface area contributed by atoms with Crippen molar-refractivity contribution in [3.8, 4) is 0 Å². The zero-order valence-corrected chi connectivity index (χ0v) is 23.7. The minimum atomic E-state index is -1.44. The van der Waals surface area contributed by atoms with E-state index in [1.165, 1.54) is 0 Å².